The zero-order chi connectivity index (χ0) is 50.8. The van der Waals surface area contributed by atoms with Crippen molar-refractivity contribution in [3.05, 3.63) is 89.7 Å². The number of Topliss-reactive ketones (excluding diaryl/α,β-unsaturated/α-hetero) is 1. The zero-order valence-electron chi connectivity index (χ0n) is 39.5. The number of ketones is 1. The van der Waals surface area contributed by atoms with Crippen molar-refractivity contribution in [2.75, 3.05) is 42.7 Å². The molecule has 0 bridgehead atoms. The molecule has 3 aliphatic heterocycles. The van der Waals surface area contributed by atoms with Crippen molar-refractivity contribution in [3.8, 4) is 0 Å². The van der Waals surface area contributed by atoms with E-state index in [1.54, 1.807) is 6.07 Å². The first-order chi connectivity index (χ1) is 32.4. The van der Waals surface area contributed by atoms with Crippen LogP contribution in [0.3, 0.4) is 0 Å². The lowest BCUT2D eigenvalue weighted by atomic mass is 9.72. The molecule has 69 heavy (non-hydrogen) atoms. The van der Waals surface area contributed by atoms with Gasteiger partial charge in [0.05, 0.1) is 28.4 Å². The lowest BCUT2D eigenvalue weighted by Crippen LogP contribution is -2.59. The molecule has 1 saturated heterocycles. The van der Waals surface area contributed by atoms with E-state index in [0.29, 0.717) is 62.7 Å². The molecule has 0 aromatic heterocycles. The Balaban J connectivity index is 1.26. The first-order valence-corrected chi connectivity index (χ1v) is 28.0. The van der Waals surface area contributed by atoms with Crippen molar-refractivity contribution in [1.29, 1.82) is 0 Å². The van der Waals surface area contributed by atoms with Crippen molar-refractivity contribution in [1.82, 2.24) is 0 Å². The number of hydrogen-bond acceptors (Lipinski definition) is 14. The molecule has 6 atom stereocenters. The second-order valence-corrected chi connectivity index (χ2v) is 23.5. The standard InChI is InChI=1S/C48H68N2O16S3/c1-47(2)37-31-36(69(62,63)64)23-24-39(37)50(27-16-30-68(59,60)61)41(47)21-9-4-10-22-42-48(3,32-34-17-11-12-20-38(34)49(42)26-15-29-67(56,57)58)25-13-5-7-18-35(52)19-8-6-14-28-65-46-45(55)44(54)43(53)40(33-51)66-46/h4,9-12,17,20-24,31,40,43-46,51,53-55H,5-8,13-16,18-19,25-30,32-33H2,1-3H3,(H2-,56,57,58,59,60,61,62,63,64)/p+1/t40-,43-,44+,45+,46+,48?/m1/s1. The van der Waals surface area contributed by atoms with Crippen LogP contribution in [0.1, 0.15) is 103 Å². The van der Waals surface area contributed by atoms with E-state index in [2.05, 4.69) is 17.6 Å². The molecule has 0 saturated carbocycles. The highest BCUT2D eigenvalue weighted by atomic mass is 32.2. The second kappa shape index (κ2) is 24.1. The normalized spacial score (nSPS) is 24.7. The van der Waals surface area contributed by atoms with Crippen LogP contribution in [0, 0.1) is 5.41 Å². The minimum atomic E-state index is -4.51. The maximum absolute atomic E-state index is 12.8. The second-order valence-electron chi connectivity index (χ2n) is 18.9. The molecule has 21 heteroatoms. The van der Waals surface area contributed by atoms with Gasteiger partial charge in [-0.05, 0) is 75.3 Å². The first kappa shape index (κ1) is 56.2. The number of ether oxygens (including phenoxy) is 2. The third-order valence-corrected chi connectivity index (χ3v) is 15.6. The van der Waals surface area contributed by atoms with Gasteiger partial charge in [0.2, 0.25) is 5.69 Å². The van der Waals surface area contributed by atoms with Crippen molar-refractivity contribution in [3.63, 3.8) is 0 Å². The molecule has 1 fully saturated rings. The van der Waals surface area contributed by atoms with Crippen LogP contribution < -0.4 is 4.90 Å². The molecule has 2 aromatic carbocycles. The number of unbranched alkanes of at least 4 members (excludes halogenated alkanes) is 4. The fourth-order valence-corrected chi connectivity index (χ4v) is 11.0. The number of carbonyl (C=O) groups is 1. The summed E-state index contributed by atoms with van der Waals surface area (Å²) in [4.78, 5) is 14.4. The topological polar surface area (TPSA) is 286 Å². The predicted molar refractivity (Wildman–Crippen MR) is 259 cm³/mol. The van der Waals surface area contributed by atoms with E-state index in [1.165, 1.54) is 12.1 Å². The molecule has 384 valence electrons. The molecule has 3 heterocycles. The number of aliphatic hydroxyl groups is 4. The van der Waals surface area contributed by atoms with Gasteiger partial charge in [-0.25, -0.2) is 0 Å². The summed E-state index contributed by atoms with van der Waals surface area (Å²) in [6, 6.07) is 12.2. The Kier molecular flexibility index (Phi) is 19.7. The number of aliphatic hydroxyl groups excluding tert-OH is 4. The van der Waals surface area contributed by atoms with Crippen molar-refractivity contribution in [2.24, 2.45) is 5.41 Å². The number of rotatable bonds is 26. The monoisotopic (exact) mass is 1030 g/mol. The van der Waals surface area contributed by atoms with Crippen LogP contribution in [0.5, 0.6) is 0 Å². The smallest absolute Gasteiger partial charge is 0.294 e. The Morgan fingerprint density at radius 3 is 2.14 bits per heavy atom. The van der Waals surface area contributed by atoms with Crippen LogP contribution in [0.2, 0.25) is 0 Å². The number of anilines is 1. The number of hydrogen-bond donors (Lipinski definition) is 7. The van der Waals surface area contributed by atoms with Crippen molar-refractivity contribution >= 4 is 53.2 Å². The SMILES string of the molecule is CC1(CCCCCC(=O)CCCCCO[C@H]2O[C@H](CO)[C@@H](O)[C@H](O)[C@@H]2O)Cc2ccccc2[N+](CCCS(=O)(=O)O)=C1C=CC=CC=C1N(CCCS(=O)(=O)O)c2ccc(S(=O)(=O)O)cc2C1(C)C. The molecule has 1 unspecified atom stereocenters. The average molecular weight is 1030 g/mol. The van der Waals surface area contributed by atoms with Gasteiger partial charge in [0.15, 0.2) is 12.0 Å². The molecule has 0 radical (unpaired) electrons. The predicted octanol–water partition coefficient (Wildman–Crippen LogP) is 4.83. The molecule has 7 N–H and O–H groups in total. The lowest BCUT2D eigenvalue weighted by Gasteiger charge is -2.39. The highest BCUT2D eigenvalue weighted by Crippen LogP contribution is 2.48. The number of fused-ring (bicyclic) bond motifs is 2. The number of allylic oxidation sites excluding steroid dienone is 6. The quantitative estimate of drug-likeness (QED) is 0.0288. The fraction of sp³-hybridized carbons (Fsp3) is 0.583. The summed E-state index contributed by atoms with van der Waals surface area (Å²) < 4.78 is 113. The minimum Gasteiger partial charge on any atom is -0.394 e. The summed E-state index contributed by atoms with van der Waals surface area (Å²) in [7, 11) is -13.0. The summed E-state index contributed by atoms with van der Waals surface area (Å²) in [5, 5.41) is 39.4. The molecule has 2 aromatic rings. The molecule has 3 aliphatic rings. The van der Waals surface area contributed by atoms with Crippen LogP contribution in [0.4, 0.5) is 11.4 Å². The molecular formula is C48H69N2O16S3+. The van der Waals surface area contributed by atoms with Gasteiger partial charge < -0.3 is 34.8 Å². The fourth-order valence-electron chi connectivity index (χ4n) is 9.51. The summed E-state index contributed by atoms with van der Waals surface area (Å²) in [5.74, 6) is -0.742. The van der Waals surface area contributed by atoms with Gasteiger partial charge >= 0.3 is 0 Å². The van der Waals surface area contributed by atoms with Crippen LogP contribution in [-0.4, -0.2) is 144 Å². The van der Waals surface area contributed by atoms with Crippen LogP contribution in [-0.2, 0) is 56.5 Å². The van der Waals surface area contributed by atoms with Crippen molar-refractivity contribution < 1.29 is 78.2 Å². The number of benzene rings is 2. The number of carbonyl (C=O) groups excluding carboxylic acids is 1. The Labute approximate surface area is 406 Å². The number of nitrogens with zero attached hydrogens (tertiary/aromatic N) is 2. The largest absolute Gasteiger partial charge is 0.394 e. The number of para-hydroxylation sites is 1. The van der Waals surface area contributed by atoms with E-state index in [4.69, 9.17) is 9.47 Å². The van der Waals surface area contributed by atoms with Gasteiger partial charge in [-0.1, -0.05) is 69.5 Å². The van der Waals surface area contributed by atoms with E-state index in [9.17, 15) is 64.1 Å². The van der Waals surface area contributed by atoms with Gasteiger partial charge in [0.1, 0.15) is 36.7 Å². The zero-order valence-corrected chi connectivity index (χ0v) is 41.9. The van der Waals surface area contributed by atoms with E-state index < -0.39 is 90.0 Å². The minimum absolute atomic E-state index is 0.0786. The van der Waals surface area contributed by atoms with Crippen molar-refractivity contribution in [2.45, 2.75) is 139 Å². The Bertz CT molecular complexity index is 2570. The average Bonchev–Trinajstić information content (AvgIpc) is 3.47. The van der Waals surface area contributed by atoms with E-state index >= 15 is 0 Å². The molecule has 18 nitrogen and oxygen atoms in total. The van der Waals surface area contributed by atoms with E-state index in [1.807, 2.05) is 67.3 Å². The molecule has 0 spiro atoms. The van der Waals surface area contributed by atoms with Crippen LogP contribution in [0.15, 0.2) is 83.4 Å². The Hall–Kier alpha value is -3.71. The molecule has 5 rings (SSSR count). The summed E-state index contributed by atoms with van der Waals surface area (Å²) in [5.41, 5.74) is 3.72. The maximum atomic E-state index is 12.8. The molecule has 0 aliphatic carbocycles. The Morgan fingerprint density at radius 2 is 1.48 bits per heavy atom. The summed E-state index contributed by atoms with van der Waals surface area (Å²) in [6.07, 6.45) is 9.44. The van der Waals surface area contributed by atoms with E-state index in [0.717, 1.165) is 41.9 Å². The van der Waals surface area contributed by atoms with Crippen LogP contribution in [0.25, 0.3) is 0 Å². The van der Waals surface area contributed by atoms with Gasteiger partial charge in [0.25, 0.3) is 30.4 Å². The highest BCUT2D eigenvalue weighted by molar-refractivity contribution is 7.86. The first-order valence-electron chi connectivity index (χ1n) is 23.4. The Morgan fingerprint density at radius 1 is 0.812 bits per heavy atom. The summed E-state index contributed by atoms with van der Waals surface area (Å²) in [6.45, 7) is 6.09. The third kappa shape index (κ3) is 15.4. The van der Waals surface area contributed by atoms with Gasteiger partial charge in [0, 0.05) is 66.9 Å². The summed E-state index contributed by atoms with van der Waals surface area (Å²) >= 11 is 0. The van der Waals surface area contributed by atoms with Crippen LogP contribution >= 0.6 is 0 Å². The molecular weight excluding hydrogens is 957 g/mol. The van der Waals surface area contributed by atoms with Gasteiger partial charge in [-0.2, -0.15) is 29.8 Å². The highest BCUT2D eigenvalue weighted by Gasteiger charge is 2.45. The lowest BCUT2D eigenvalue weighted by molar-refractivity contribution is -0.447. The van der Waals surface area contributed by atoms with Gasteiger partial charge in [-0.3, -0.25) is 18.5 Å². The van der Waals surface area contributed by atoms with E-state index in [-0.39, 0.29) is 36.7 Å². The van der Waals surface area contributed by atoms with Gasteiger partial charge in [-0.15, -0.1) is 0 Å². The maximum Gasteiger partial charge on any atom is 0.294 e. The third-order valence-electron chi connectivity index (χ3n) is 13.1. The molecule has 0 amide bonds.